The molecule has 0 aromatic carbocycles. The van der Waals surface area contributed by atoms with E-state index in [-0.39, 0.29) is 5.56 Å². The van der Waals surface area contributed by atoms with E-state index in [2.05, 4.69) is 33.2 Å². The molecule has 0 radical (unpaired) electrons. The Morgan fingerprint density at radius 2 is 2.17 bits per heavy atom. The summed E-state index contributed by atoms with van der Waals surface area (Å²) in [6, 6.07) is 3.69. The number of aryl methyl sites for hydroxylation is 2. The minimum atomic E-state index is -0.0850. The van der Waals surface area contributed by atoms with Crippen molar-refractivity contribution in [1.29, 1.82) is 0 Å². The Kier molecular flexibility index (Phi) is 3.93. The highest BCUT2D eigenvalue weighted by molar-refractivity contribution is 7.10. The summed E-state index contributed by atoms with van der Waals surface area (Å²) in [5.74, 6) is 0.665. The van der Waals surface area contributed by atoms with Gasteiger partial charge in [-0.15, -0.1) is 11.3 Å². The maximum Gasteiger partial charge on any atom is 0.251 e. The monoisotopic (exact) mass is 263 g/mol. The van der Waals surface area contributed by atoms with E-state index in [0.717, 1.165) is 12.2 Å². The Balaban J connectivity index is 2.05. The van der Waals surface area contributed by atoms with Crippen LogP contribution in [0.5, 0.6) is 0 Å². The van der Waals surface area contributed by atoms with Crippen LogP contribution in [0.4, 0.5) is 0 Å². The number of thiophene rings is 1. The van der Waals surface area contributed by atoms with E-state index < -0.39 is 0 Å². The number of H-pyrrole nitrogens is 1. The molecule has 2 aromatic rings. The van der Waals surface area contributed by atoms with Crippen molar-refractivity contribution in [2.45, 2.75) is 26.9 Å². The first kappa shape index (κ1) is 13.0. The standard InChI is InChI=1S/C13H17N3OS/c1-9-4-5-18-12(9)8-16(3)7-11-6-13(17)15-10(2)14-11/h4-6H,7-8H2,1-3H3,(H,14,15,17). The van der Waals surface area contributed by atoms with E-state index in [9.17, 15) is 4.79 Å². The van der Waals surface area contributed by atoms with E-state index in [1.807, 2.05) is 7.05 Å². The molecule has 0 spiro atoms. The molecule has 18 heavy (non-hydrogen) atoms. The molecule has 0 fully saturated rings. The average molecular weight is 263 g/mol. The molecule has 0 aliphatic rings. The first-order valence-electron chi connectivity index (χ1n) is 5.83. The molecule has 0 aliphatic carbocycles. The van der Waals surface area contributed by atoms with E-state index in [4.69, 9.17) is 0 Å². The molecule has 0 unspecified atom stereocenters. The van der Waals surface area contributed by atoms with Gasteiger partial charge in [0.05, 0.1) is 5.69 Å². The van der Waals surface area contributed by atoms with Gasteiger partial charge in [0.1, 0.15) is 5.82 Å². The zero-order valence-electron chi connectivity index (χ0n) is 10.9. The minimum absolute atomic E-state index is 0.0850. The maximum absolute atomic E-state index is 11.4. The normalized spacial score (nSPS) is 11.1. The smallest absolute Gasteiger partial charge is 0.251 e. The molecule has 5 heteroatoms. The largest absolute Gasteiger partial charge is 0.311 e. The summed E-state index contributed by atoms with van der Waals surface area (Å²) < 4.78 is 0. The van der Waals surface area contributed by atoms with Gasteiger partial charge in [-0.2, -0.15) is 0 Å². The molecule has 96 valence electrons. The fraction of sp³-hybridized carbons (Fsp3) is 0.385. The summed E-state index contributed by atoms with van der Waals surface area (Å²) in [6.45, 7) is 5.49. The Morgan fingerprint density at radius 1 is 1.39 bits per heavy atom. The molecular weight excluding hydrogens is 246 g/mol. The summed E-state index contributed by atoms with van der Waals surface area (Å²) in [7, 11) is 2.04. The van der Waals surface area contributed by atoms with Crippen molar-refractivity contribution < 1.29 is 0 Å². The summed E-state index contributed by atoms with van der Waals surface area (Å²) in [5.41, 5.74) is 2.05. The Morgan fingerprint density at radius 3 is 2.78 bits per heavy atom. The maximum atomic E-state index is 11.4. The van der Waals surface area contributed by atoms with Crippen molar-refractivity contribution in [1.82, 2.24) is 14.9 Å². The predicted octanol–water partition coefficient (Wildman–Crippen LogP) is 2.08. The molecule has 2 rings (SSSR count). The van der Waals surface area contributed by atoms with Crippen LogP contribution in [0.3, 0.4) is 0 Å². The third kappa shape index (κ3) is 3.27. The summed E-state index contributed by atoms with van der Waals surface area (Å²) >= 11 is 1.76. The van der Waals surface area contributed by atoms with Crippen molar-refractivity contribution in [3.8, 4) is 0 Å². The van der Waals surface area contributed by atoms with Crippen LogP contribution in [-0.2, 0) is 13.1 Å². The molecule has 0 aliphatic heterocycles. The SMILES string of the molecule is Cc1nc(CN(C)Cc2sccc2C)cc(=O)[nH]1. The van der Waals surface area contributed by atoms with Gasteiger partial charge in [-0.1, -0.05) is 0 Å². The zero-order valence-corrected chi connectivity index (χ0v) is 11.7. The lowest BCUT2D eigenvalue weighted by Crippen LogP contribution is -2.20. The van der Waals surface area contributed by atoms with E-state index in [1.54, 1.807) is 24.3 Å². The predicted molar refractivity (Wildman–Crippen MR) is 73.8 cm³/mol. The summed E-state index contributed by atoms with van der Waals surface area (Å²) in [5, 5.41) is 2.11. The van der Waals surface area contributed by atoms with Gasteiger partial charge in [0, 0.05) is 24.0 Å². The van der Waals surface area contributed by atoms with Gasteiger partial charge in [0.2, 0.25) is 0 Å². The van der Waals surface area contributed by atoms with Crippen molar-refractivity contribution >= 4 is 11.3 Å². The first-order chi connectivity index (χ1) is 8.54. The lowest BCUT2D eigenvalue weighted by Gasteiger charge is -2.15. The minimum Gasteiger partial charge on any atom is -0.311 e. The van der Waals surface area contributed by atoms with Gasteiger partial charge in [0.25, 0.3) is 5.56 Å². The van der Waals surface area contributed by atoms with Crippen molar-refractivity contribution in [3.63, 3.8) is 0 Å². The topological polar surface area (TPSA) is 49.0 Å². The second kappa shape index (κ2) is 5.46. The van der Waals surface area contributed by atoms with Gasteiger partial charge >= 0.3 is 0 Å². The third-order valence-corrected chi connectivity index (χ3v) is 3.73. The molecule has 0 saturated heterocycles. The molecule has 0 saturated carbocycles. The van der Waals surface area contributed by atoms with Gasteiger partial charge in [-0.3, -0.25) is 9.69 Å². The summed E-state index contributed by atoms with van der Waals surface area (Å²) in [4.78, 5) is 21.9. The van der Waals surface area contributed by atoms with Crippen LogP contribution >= 0.6 is 11.3 Å². The third-order valence-electron chi connectivity index (χ3n) is 2.73. The Hall–Kier alpha value is -1.46. The Bertz CT molecular complexity index is 588. The molecule has 4 nitrogen and oxygen atoms in total. The van der Waals surface area contributed by atoms with E-state index in [1.165, 1.54) is 10.4 Å². The Labute approximate surface area is 110 Å². The van der Waals surface area contributed by atoms with Gasteiger partial charge in [-0.25, -0.2) is 4.98 Å². The zero-order chi connectivity index (χ0) is 13.1. The number of hydrogen-bond donors (Lipinski definition) is 1. The van der Waals surface area contributed by atoms with Crippen LogP contribution in [-0.4, -0.2) is 21.9 Å². The lowest BCUT2D eigenvalue weighted by molar-refractivity contribution is 0.316. The van der Waals surface area contributed by atoms with Crippen molar-refractivity contribution in [2.24, 2.45) is 0 Å². The fourth-order valence-corrected chi connectivity index (χ4v) is 2.85. The van der Waals surface area contributed by atoms with E-state index in [0.29, 0.717) is 12.4 Å². The number of nitrogens with one attached hydrogen (secondary N) is 1. The van der Waals surface area contributed by atoms with Crippen LogP contribution in [0.2, 0.25) is 0 Å². The lowest BCUT2D eigenvalue weighted by atomic mass is 10.3. The second-order valence-electron chi connectivity index (χ2n) is 4.52. The van der Waals surface area contributed by atoms with Gasteiger partial charge in [0.15, 0.2) is 0 Å². The van der Waals surface area contributed by atoms with Gasteiger partial charge in [-0.05, 0) is 37.9 Å². The second-order valence-corrected chi connectivity index (χ2v) is 5.52. The van der Waals surface area contributed by atoms with Crippen LogP contribution in [0.15, 0.2) is 22.3 Å². The summed E-state index contributed by atoms with van der Waals surface area (Å²) in [6.07, 6.45) is 0. The molecule has 0 amide bonds. The number of hydrogen-bond acceptors (Lipinski definition) is 4. The number of aromatic amines is 1. The molecule has 2 heterocycles. The van der Waals surface area contributed by atoms with Gasteiger partial charge < -0.3 is 4.98 Å². The van der Waals surface area contributed by atoms with Crippen molar-refractivity contribution in [2.75, 3.05) is 7.05 Å². The average Bonchev–Trinajstić information content (AvgIpc) is 2.62. The number of nitrogens with zero attached hydrogens (tertiary/aromatic N) is 2. The highest BCUT2D eigenvalue weighted by atomic mass is 32.1. The van der Waals surface area contributed by atoms with Crippen LogP contribution in [0, 0.1) is 13.8 Å². The van der Waals surface area contributed by atoms with Crippen LogP contribution < -0.4 is 5.56 Å². The molecule has 1 N–H and O–H groups in total. The van der Waals surface area contributed by atoms with Crippen molar-refractivity contribution in [3.05, 3.63) is 49.8 Å². The highest BCUT2D eigenvalue weighted by Gasteiger charge is 2.07. The van der Waals surface area contributed by atoms with Crippen LogP contribution in [0.1, 0.15) is 22.0 Å². The number of rotatable bonds is 4. The first-order valence-corrected chi connectivity index (χ1v) is 6.71. The van der Waals surface area contributed by atoms with Crippen LogP contribution in [0.25, 0.3) is 0 Å². The highest BCUT2D eigenvalue weighted by Crippen LogP contribution is 2.17. The molecule has 0 atom stereocenters. The van der Waals surface area contributed by atoms with E-state index >= 15 is 0 Å². The quantitative estimate of drug-likeness (QED) is 0.918. The molecule has 0 bridgehead atoms. The number of aromatic nitrogens is 2. The molecular formula is C13H17N3OS. The molecule has 2 aromatic heterocycles. The fourth-order valence-electron chi connectivity index (χ4n) is 1.87.